The van der Waals surface area contributed by atoms with Crippen LogP contribution in [0.15, 0.2) is 6.20 Å². The fraction of sp³-hybridized carbons (Fsp3) is 0.667. The largest absolute Gasteiger partial charge is 0.370 e. The van der Waals surface area contributed by atoms with Gasteiger partial charge in [-0.2, -0.15) is 0 Å². The van der Waals surface area contributed by atoms with Crippen molar-refractivity contribution in [1.82, 2.24) is 15.3 Å². The number of H-pyrrole nitrogens is 1. The lowest BCUT2D eigenvalue weighted by molar-refractivity contribution is 0.105. The maximum atomic E-state index is 5.52. The molecule has 1 aromatic heterocycles. The predicted octanol–water partition coefficient (Wildman–Crippen LogP) is 0.981. The van der Waals surface area contributed by atoms with Crippen molar-refractivity contribution in [2.45, 2.75) is 25.5 Å². The van der Waals surface area contributed by atoms with Gasteiger partial charge in [0.2, 0.25) is 0 Å². The van der Waals surface area contributed by atoms with Crippen LogP contribution in [0, 0.1) is 0 Å². The zero-order valence-electron chi connectivity index (χ0n) is 7.84. The minimum atomic E-state index is 0.200. The van der Waals surface area contributed by atoms with Crippen LogP contribution >= 0.6 is 0 Å². The van der Waals surface area contributed by atoms with Crippen molar-refractivity contribution in [2.24, 2.45) is 0 Å². The molecule has 4 heteroatoms. The molecule has 0 aliphatic carbocycles. The van der Waals surface area contributed by atoms with Gasteiger partial charge in [0.05, 0.1) is 0 Å². The van der Waals surface area contributed by atoms with Crippen LogP contribution in [-0.4, -0.2) is 23.6 Å². The summed E-state index contributed by atoms with van der Waals surface area (Å²) in [6.07, 6.45) is 4.30. The van der Waals surface area contributed by atoms with Gasteiger partial charge in [-0.25, -0.2) is 4.98 Å². The Labute approximate surface area is 77.7 Å². The molecule has 0 spiro atoms. The predicted molar refractivity (Wildman–Crippen MR) is 49.3 cm³/mol. The second-order valence-electron chi connectivity index (χ2n) is 3.33. The van der Waals surface area contributed by atoms with Crippen LogP contribution in [0.2, 0.25) is 0 Å². The summed E-state index contributed by atoms with van der Waals surface area (Å²) in [6, 6.07) is 0. The summed E-state index contributed by atoms with van der Waals surface area (Å²) in [5.41, 5.74) is 1.12. The van der Waals surface area contributed by atoms with Gasteiger partial charge in [0.1, 0.15) is 11.9 Å². The Hall–Kier alpha value is -0.870. The van der Waals surface area contributed by atoms with Crippen LogP contribution in [0.4, 0.5) is 0 Å². The van der Waals surface area contributed by atoms with Gasteiger partial charge in [-0.1, -0.05) is 0 Å². The minimum Gasteiger partial charge on any atom is -0.370 e. The van der Waals surface area contributed by atoms with Gasteiger partial charge in [0.25, 0.3) is 0 Å². The maximum absolute atomic E-state index is 5.52. The summed E-state index contributed by atoms with van der Waals surface area (Å²) < 4.78 is 5.52. The molecule has 0 aromatic carbocycles. The Bertz CT molecular complexity index is 266. The summed E-state index contributed by atoms with van der Waals surface area (Å²) in [4.78, 5) is 7.55. The molecular formula is C9H15N3O. The van der Waals surface area contributed by atoms with E-state index in [2.05, 4.69) is 15.3 Å². The highest BCUT2D eigenvalue weighted by Gasteiger charge is 2.20. The molecule has 1 unspecified atom stereocenters. The molecule has 1 aliphatic rings. The molecule has 1 aliphatic heterocycles. The Morgan fingerprint density at radius 2 is 2.69 bits per heavy atom. The van der Waals surface area contributed by atoms with E-state index in [4.69, 9.17) is 4.74 Å². The highest BCUT2D eigenvalue weighted by molar-refractivity contribution is 5.04. The monoisotopic (exact) mass is 181 g/mol. The third kappa shape index (κ3) is 1.89. The topological polar surface area (TPSA) is 49.9 Å². The number of aromatic amines is 1. The van der Waals surface area contributed by atoms with Gasteiger partial charge in [-0.15, -0.1) is 0 Å². The number of imidazole rings is 1. The highest BCUT2D eigenvalue weighted by Crippen LogP contribution is 2.25. The van der Waals surface area contributed by atoms with Crippen molar-refractivity contribution < 1.29 is 4.74 Å². The average Bonchev–Trinajstić information content (AvgIpc) is 2.70. The van der Waals surface area contributed by atoms with E-state index in [9.17, 15) is 0 Å². The number of ether oxygens (including phenoxy) is 1. The first kappa shape index (κ1) is 8.72. The number of aromatic nitrogens is 2. The van der Waals surface area contributed by atoms with Gasteiger partial charge in [0.15, 0.2) is 0 Å². The second kappa shape index (κ2) is 3.89. The van der Waals surface area contributed by atoms with E-state index in [1.807, 2.05) is 13.2 Å². The summed E-state index contributed by atoms with van der Waals surface area (Å²) in [7, 11) is 1.92. The van der Waals surface area contributed by atoms with E-state index in [-0.39, 0.29) is 6.10 Å². The van der Waals surface area contributed by atoms with Gasteiger partial charge in [0, 0.05) is 25.0 Å². The molecule has 72 valence electrons. The van der Waals surface area contributed by atoms with Crippen molar-refractivity contribution in [2.75, 3.05) is 13.7 Å². The van der Waals surface area contributed by atoms with Crippen LogP contribution in [0.5, 0.6) is 0 Å². The number of hydrogen-bond donors (Lipinski definition) is 2. The number of rotatable bonds is 3. The van der Waals surface area contributed by atoms with Gasteiger partial charge in [-0.05, 0) is 19.9 Å². The summed E-state index contributed by atoms with van der Waals surface area (Å²) in [6.45, 7) is 1.70. The lowest BCUT2D eigenvalue weighted by atomic mass is 10.2. The molecule has 0 saturated carbocycles. The first-order valence-electron chi connectivity index (χ1n) is 4.70. The lowest BCUT2D eigenvalue weighted by Crippen LogP contribution is -2.05. The summed E-state index contributed by atoms with van der Waals surface area (Å²) >= 11 is 0. The van der Waals surface area contributed by atoms with E-state index in [1.165, 1.54) is 0 Å². The van der Waals surface area contributed by atoms with E-state index in [1.54, 1.807) is 0 Å². The van der Waals surface area contributed by atoms with E-state index in [0.29, 0.717) is 0 Å². The van der Waals surface area contributed by atoms with Crippen LogP contribution in [0.25, 0.3) is 0 Å². The normalized spacial score (nSPS) is 22.4. The standard InChI is InChI=1S/C9H15N3O/c1-10-5-7-6-11-9(12-7)8-3-2-4-13-8/h6,8,10H,2-5H2,1H3,(H,11,12). The molecule has 2 heterocycles. The molecule has 0 bridgehead atoms. The Balaban J connectivity index is 2.03. The molecule has 0 radical (unpaired) electrons. The van der Waals surface area contributed by atoms with Gasteiger partial charge >= 0.3 is 0 Å². The fourth-order valence-corrected chi connectivity index (χ4v) is 1.61. The van der Waals surface area contributed by atoms with Crippen LogP contribution in [0.1, 0.15) is 30.5 Å². The summed E-state index contributed by atoms with van der Waals surface area (Å²) in [5, 5.41) is 3.08. The molecule has 13 heavy (non-hydrogen) atoms. The SMILES string of the molecule is CNCc1cnc(C2CCCO2)[nH]1. The van der Waals surface area contributed by atoms with E-state index >= 15 is 0 Å². The van der Waals surface area contributed by atoms with Crippen LogP contribution < -0.4 is 5.32 Å². The fourth-order valence-electron chi connectivity index (χ4n) is 1.61. The molecular weight excluding hydrogens is 166 g/mol. The van der Waals surface area contributed by atoms with Crippen molar-refractivity contribution in [1.29, 1.82) is 0 Å². The Morgan fingerprint density at radius 1 is 1.77 bits per heavy atom. The second-order valence-corrected chi connectivity index (χ2v) is 3.33. The molecule has 1 aromatic rings. The Morgan fingerprint density at radius 3 is 3.38 bits per heavy atom. The average molecular weight is 181 g/mol. The summed E-state index contributed by atoms with van der Waals surface area (Å²) in [5.74, 6) is 0.975. The molecule has 1 fully saturated rings. The molecule has 2 rings (SSSR count). The zero-order chi connectivity index (χ0) is 9.10. The van der Waals surface area contributed by atoms with Crippen LogP contribution in [-0.2, 0) is 11.3 Å². The lowest BCUT2D eigenvalue weighted by Gasteiger charge is -2.04. The molecule has 4 nitrogen and oxygen atoms in total. The Kier molecular flexibility index (Phi) is 2.61. The van der Waals surface area contributed by atoms with Crippen molar-refractivity contribution in [3.8, 4) is 0 Å². The van der Waals surface area contributed by atoms with Gasteiger partial charge in [-0.3, -0.25) is 0 Å². The smallest absolute Gasteiger partial charge is 0.135 e. The van der Waals surface area contributed by atoms with Gasteiger partial charge < -0.3 is 15.0 Å². The maximum Gasteiger partial charge on any atom is 0.135 e. The molecule has 1 atom stereocenters. The minimum absolute atomic E-state index is 0.200. The highest BCUT2D eigenvalue weighted by atomic mass is 16.5. The molecule has 2 N–H and O–H groups in total. The first-order valence-corrected chi connectivity index (χ1v) is 4.70. The van der Waals surface area contributed by atoms with Crippen LogP contribution in [0.3, 0.4) is 0 Å². The number of nitrogens with one attached hydrogen (secondary N) is 2. The third-order valence-corrected chi connectivity index (χ3v) is 2.25. The third-order valence-electron chi connectivity index (χ3n) is 2.25. The van der Waals surface area contributed by atoms with Crippen molar-refractivity contribution in [3.63, 3.8) is 0 Å². The van der Waals surface area contributed by atoms with E-state index in [0.717, 1.165) is 37.5 Å². The number of hydrogen-bond acceptors (Lipinski definition) is 3. The quantitative estimate of drug-likeness (QED) is 0.730. The first-order chi connectivity index (χ1) is 6.40. The van der Waals surface area contributed by atoms with E-state index < -0.39 is 0 Å². The molecule has 0 amide bonds. The molecule has 1 saturated heterocycles. The zero-order valence-corrected chi connectivity index (χ0v) is 7.84. The van der Waals surface area contributed by atoms with Crippen molar-refractivity contribution >= 4 is 0 Å². The number of nitrogens with zero attached hydrogens (tertiary/aromatic N) is 1. The van der Waals surface area contributed by atoms with Crippen molar-refractivity contribution in [3.05, 3.63) is 17.7 Å².